The van der Waals surface area contributed by atoms with Gasteiger partial charge in [-0.05, 0) is 49.2 Å². The summed E-state index contributed by atoms with van der Waals surface area (Å²) in [5, 5.41) is 15.0. The first-order valence-electron chi connectivity index (χ1n) is 9.98. The lowest BCUT2D eigenvalue weighted by atomic mass is 10.1. The molecule has 32 heavy (non-hydrogen) atoms. The van der Waals surface area contributed by atoms with Gasteiger partial charge in [-0.1, -0.05) is 13.8 Å². The minimum absolute atomic E-state index is 0.00529. The number of aromatic nitrogens is 1. The fourth-order valence-corrected chi connectivity index (χ4v) is 3.56. The minimum Gasteiger partial charge on any atom is -0.471 e. The Morgan fingerprint density at radius 3 is 2.59 bits per heavy atom. The predicted octanol–water partition coefficient (Wildman–Crippen LogP) is 2.23. The molecule has 0 bridgehead atoms. The summed E-state index contributed by atoms with van der Waals surface area (Å²) in [5.41, 5.74) is 5.28. The third-order valence-corrected chi connectivity index (χ3v) is 5.43. The van der Waals surface area contributed by atoms with E-state index in [0.29, 0.717) is 6.54 Å². The number of nitrogens with zero attached hydrogens (tertiary/aromatic N) is 2. The molecule has 1 atom stereocenters. The number of ether oxygens (including phenoxy) is 1. The van der Waals surface area contributed by atoms with Crippen molar-refractivity contribution in [1.29, 1.82) is 0 Å². The number of hydrogen-bond acceptors (Lipinski definition) is 7. The van der Waals surface area contributed by atoms with E-state index < -0.39 is 36.3 Å². The lowest BCUT2D eigenvalue weighted by molar-refractivity contribution is 0.0996. The second-order valence-corrected chi connectivity index (χ2v) is 7.79. The molecule has 1 aromatic carbocycles. The molecule has 0 aliphatic heterocycles. The van der Waals surface area contributed by atoms with Gasteiger partial charge in [0.25, 0.3) is 5.91 Å². The standard InChI is InChI=1S/C20H27F2N5O4S/c1-4-27(5-2)9-13(28)8-24-20(30)25-19-16(17(23)29)18(26-32-19)31-10-12-7-14(21)11(3)6-15(12)22/h6-7,13,28H,4-5,8-10H2,1-3H3,(H2,23,29)(H2,24,25,30). The number of aliphatic hydroxyl groups is 1. The first-order valence-corrected chi connectivity index (χ1v) is 10.8. The molecule has 1 unspecified atom stereocenters. The first-order chi connectivity index (χ1) is 15.2. The zero-order valence-electron chi connectivity index (χ0n) is 18.1. The van der Waals surface area contributed by atoms with Crippen molar-refractivity contribution in [3.63, 3.8) is 0 Å². The number of rotatable bonds is 11. The smallest absolute Gasteiger partial charge is 0.320 e. The van der Waals surface area contributed by atoms with Crippen molar-refractivity contribution in [2.24, 2.45) is 5.73 Å². The highest BCUT2D eigenvalue weighted by molar-refractivity contribution is 7.11. The number of carbonyl (C=O) groups is 2. The van der Waals surface area contributed by atoms with E-state index in [9.17, 15) is 23.5 Å². The van der Waals surface area contributed by atoms with Crippen molar-refractivity contribution in [2.75, 3.05) is 31.5 Å². The van der Waals surface area contributed by atoms with E-state index in [1.165, 1.54) is 6.92 Å². The van der Waals surface area contributed by atoms with E-state index in [1.807, 2.05) is 18.7 Å². The second-order valence-electron chi connectivity index (χ2n) is 7.01. The average molecular weight is 472 g/mol. The van der Waals surface area contributed by atoms with Crippen molar-refractivity contribution < 1.29 is 28.2 Å². The van der Waals surface area contributed by atoms with Crippen molar-refractivity contribution in [3.8, 4) is 5.88 Å². The molecule has 12 heteroatoms. The lowest BCUT2D eigenvalue weighted by Gasteiger charge is -2.22. The van der Waals surface area contributed by atoms with Crippen LogP contribution >= 0.6 is 11.5 Å². The molecule has 1 heterocycles. The van der Waals surface area contributed by atoms with Crippen molar-refractivity contribution in [2.45, 2.75) is 33.5 Å². The number of aliphatic hydroxyl groups excluding tert-OH is 1. The van der Waals surface area contributed by atoms with Crippen LogP contribution in [-0.2, 0) is 6.61 Å². The maximum absolute atomic E-state index is 14.0. The number of benzene rings is 1. The van der Waals surface area contributed by atoms with Gasteiger partial charge in [-0.2, -0.15) is 4.37 Å². The number of anilines is 1. The Kier molecular flexibility index (Phi) is 9.29. The summed E-state index contributed by atoms with van der Waals surface area (Å²) in [7, 11) is 0. The van der Waals surface area contributed by atoms with Crippen LogP contribution in [0.1, 0.15) is 35.3 Å². The summed E-state index contributed by atoms with van der Waals surface area (Å²) in [6.07, 6.45) is -0.776. The average Bonchev–Trinajstić information content (AvgIpc) is 3.14. The summed E-state index contributed by atoms with van der Waals surface area (Å²) in [6.45, 7) is 6.90. The summed E-state index contributed by atoms with van der Waals surface area (Å²) >= 11 is 0.744. The Bertz CT molecular complexity index is 952. The Morgan fingerprint density at radius 2 is 1.97 bits per heavy atom. The van der Waals surface area contributed by atoms with Gasteiger partial charge < -0.3 is 25.8 Å². The van der Waals surface area contributed by atoms with Crippen molar-refractivity contribution >= 4 is 28.5 Å². The molecule has 9 nitrogen and oxygen atoms in total. The highest BCUT2D eigenvalue weighted by atomic mass is 32.1. The van der Waals surface area contributed by atoms with Gasteiger partial charge in [0.05, 0.1) is 6.10 Å². The largest absolute Gasteiger partial charge is 0.471 e. The molecule has 3 amide bonds. The van der Waals surface area contributed by atoms with Gasteiger partial charge in [-0.25, -0.2) is 13.6 Å². The maximum atomic E-state index is 14.0. The lowest BCUT2D eigenvalue weighted by Crippen LogP contribution is -2.41. The first kappa shape index (κ1) is 25.4. The molecule has 0 fully saturated rings. The molecule has 0 radical (unpaired) electrons. The molecular weight excluding hydrogens is 444 g/mol. The van der Waals surface area contributed by atoms with Gasteiger partial charge in [0.1, 0.15) is 28.8 Å². The normalized spacial score (nSPS) is 12.0. The highest BCUT2D eigenvalue weighted by Crippen LogP contribution is 2.31. The molecule has 0 spiro atoms. The number of nitrogens with one attached hydrogen (secondary N) is 2. The Labute approximate surface area is 188 Å². The Hall–Kier alpha value is -2.83. The number of halogens is 2. The van der Waals surface area contributed by atoms with Gasteiger partial charge in [0.2, 0.25) is 5.88 Å². The highest BCUT2D eigenvalue weighted by Gasteiger charge is 2.23. The molecule has 0 saturated heterocycles. The number of amides is 3. The molecular formula is C20H27F2N5O4S. The summed E-state index contributed by atoms with van der Waals surface area (Å²) in [6, 6.07) is 1.36. The van der Waals surface area contributed by atoms with Crippen LogP contribution in [0.5, 0.6) is 5.88 Å². The number of aryl methyl sites for hydroxylation is 1. The second kappa shape index (κ2) is 11.7. The van der Waals surface area contributed by atoms with Crippen LogP contribution in [0.25, 0.3) is 0 Å². The molecule has 0 aliphatic carbocycles. The number of carbonyl (C=O) groups excluding carboxylic acids is 2. The molecule has 0 aliphatic rings. The van der Waals surface area contributed by atoms with Gasteiger partial charge in [0.15, 0.2) is 0 Å². The van der Waals surface area contributed by atoms with Gasteiger partial charge in [0, 0.05) is 18.7 Å². The van der Waals surface area contributed by atoms with Gasteiger partial charge in [-0.15, -0.1) is 0 Å². The monoisotopic (exact) mass is 471 g/mol. The zero-order chi connectivity index (χ0) is 23.8. The number of primary amides is 1. The topological polar surface area (TPSA) is 130 Å². The van der Waals surface area contributed by atoms with Crippen LogP contribution in [0.2, 0.25) is 0 Å². The van der Waals surface area contributed by atoms with Crippen LogP contribution in [0.4, 0.5) is 18.6 Å². The van der Waals surface area contributed by atoms with Gasteiger partial charge >= 0.3 is 6.03 Å². The van der Waals surface area contributed by atoms with Crippen LogP contribution in [0.3, 0.4) is 0 Å². The third kappa shape index (κ3) is 6.84. The SMILES string of the molecule is CCN(CC)CC(O)CNC(=O)Nc1snc(OCc2cc(F)c(C)cc2F)c1C(N)=O. The number of nitrogens with two attached hydrogens (primary N) is 1. The minimum atomic E-state index is -0.916. The van der Waals surface area contributed by atoms with Crippen LogP contribution < -0.4 is 21.1 Å². The van der Waals surface area contributed by atoms with Crippen LogP contribution in [0, 0.1) is 18.6 Å². The quantitative estimate of drug-likeness (QED) is 0.398. The third-order valence-electron chi connectivity index (χ3n) is 4.69. The number of urea groups is 1. The van der Waals surface area contributed by atoms with Gasteiger partial charge in [-0.3, -0.25) is 10.1 Å². The van der Waals surface area contributed by atoms with E-state index in [0.717, 1.165) is 36.8 Å². The fraction of sp³-hybridized carbons (Fsp3) is 0.450. The fourth-order valence-electron chi connectivity index (χ4n) is 2.82. The Morgan fingerprint density at radius 1 is 1.28 bits per heavy atom. The number of likely N-dealkylation sites (N-methyl/N-ethyl adjacent to an activating group) is 1. The van der Waals surface area contributed by atoms with E-state index in [1.54, 1.807) is 0 Å². The Balaban J connectivity index is 2.01. The predicted molar refractivity (Wildman–Crippen MR) is 117 cm³/mol. The van der Waals surface area contributed by atoms with Crippen molar-refractivity contribution in [1.82, 2.24) is 14.6 Å². The van der Waals surface area contributed by atoms with E-state index in [-0.39, 0.29) is 34.1 Å². The summed E-state index contributed by atoms with van der Waals surface area (Å²) in [5.74, 6) is -2.39. The molecule has 5 N–H and O–H groups in total. The maximum Gasteiger partial charge on any atom is 0.320 e. The van der Waals surface area contributed by atoms with Crippen LogP contribution in [-0.4, -0.2) is 58.6 Å². The van der Waals surface area contributed by atoms with E-state index in [4.69, 9.17) is 10.5 Å². The molecule has 2 rings (SSSR count). The molecule has 1 aromatic heterocycles. The molecule has 0 saturated carbocycles. The van der Waals surface area contributed by atoms with E-state index in [2.05, 4.69) is 15.0 Å². The number of hydrogen-bond donors (Lipinski definition) is 4. The van der Waals surface area contributed by atoms with Crippen molar-refractivity contribution in [3.05, 3.63) is 40.5 Å². The molecule has 2 aromatic rings. The van der Waals surface area contributed by atoms with Crippen LogP contribution in [0.15, 0.2) is 12.1 Å². The molecule has 176 valence electrons. The zero-order valence-corrected chi connectivity index (χ0v) is 18.9. The summed E-state index contributed by atoms with van der Waals surface area (Å²) < 4.78 is 37.0. The van der Waals surface area contributed by atoms with E-state index >= 15 is 0 Å². The summed E-state index contributed by atoms with van der Waals surface area (Å²) in [4.78, 5) is 26.0.